The number of carbonyl (C=O) groups excluding carboxylic acids is 2. The molecule has 0 saturated carbocycles. The Kier molecular flexibility index (Phi) is 3.36. The first-order valence-corrected chi connectivity index (χ1v) is 7.14. The maximum absolute atomic E-state index is 12.5. The lowest BCUT2D eigenvalue weighted by Gasteiger charge is -2.06. The number of halogens is 2. The summed E-state index contributed by atoms with van der Waals surface area (Å²) in [6.07, 6.45) is 0.308. The molecule has 0 unspecified atom stereocenters. The van der Waals surface area contributed by atoms with Gasteiger partial charge in [-0.3, -0.25) is 9.59 Å². The molecule has 2 aromatic rings. The van der Waals surface area contributed by atoms with E-state index in [2.05, 4.69) is 21.2 Å². The molecule has 100 valence electrons. The lowest BCUT2D eigenvalue weighted by molar-refractivity contribution is -0.115. The molecule has 3 nitrogen and oxygen atoms in total. The first kappa shape index (κ1) is 13.3. The van der Waals surface area contributed by atoms with Gasteiger partial charge >= 0.3 is 0 Å². The Bertz CT molecular complexity index is 743. The molecule has 2 aromatic carbocycles. The number of rotatable bonds is 2. The standard InChI is InChI=1S/C15H9BrClNO2/c16-10-2-3-12(17)11(7-10)15(20)8-1-4-13-9(5-8)6-14(19)18-13/h1-5,7H,6H2,(H,18,19). The van der Waals surface area contributed by atoms with Crippen LogP contribution in [-0.4, -0.2) is 11.7 Å². The van der Waals surface area contributed by atoms with Crippen LogP contribution in [0.5, 0.6) is 0 Å². The van der Waals surface area contributed by atoms with Crippen molar-refractivity contribution >= 4 is 44.9 Å². The molecule has 0 fully saturated rings. The molecule has 1 aliphatic heterocycles. The minimum absolute atomic E-state index is 0.0508. The van der Waals surface area contributed by atoms with Crippen LogP contribution < -0.4 is 5.32 Å². The SMILES string of the molecule is O=C1Cc2cc(C(=O)c3cc(Br)ccc3Cl)ccc2N1. The Morgan fingerprint density at radius 3 is 2.80 bits per heavy atom. The Hall–Kier alpha value is -1.65. The van der Waals surface area contributed by atoms with Crippen molar-refractivity contribution in [1.82, 2.24) is 0 Å². The molecule has 1 N–H and O–H groups in total. The smallest absolute Gasteiger partial charge is 0.228 e. The maximum Gasteiger partial charge on any atom is 0.228 e. The fraction of sp³-hybridized carbons (Fsp3) is 0.0667. The van der Waals surface area contributed by atoms with Gasteiger partial charge in [-0.15, -0.1) is 0 Å². The third-order valence-electron chi connectivity index (χ3n) is 3.17. The molecule has 20 heavy (non-hydrogen) atoms. The van der Waals surface area contributed by atoms with Crippen molar-refractivity contribution in [1.29, 1.82) is 0 Å². The number of amides is 1. The van der Waals surface area contributed by atoms with Gasteiger partial charge in [0.25, 0.3) is 0 Å². The van der Waals surface area contributed by atoms with E-state index in [-0.39, 0.29) is 11.7 Å². The number of ketones is 1. The number of hydrogen-bond donors (Lipinski definition) is 1. The number of hydrogen-bond acceptors (Lipinski definition) is 2. The van der Waals surface area contributed by atoms with Crippen molar-refractivity contribution in [2.24, 2.45) is 0 Å². The van der Waals surface area contributed by atoms with Crippen LogP contribution >= 0.6 is 27.5 Å². The fourth-order valence-electron chi connectivity index (χ4n) is 2.20. The van der Waals surface area contributed by atoms with Gasteiger partial charge in [-0.1, -0.05) is 27.5 Å². The first-order chi connectivity index (χ1) is 9.54. The predicted octanol–water partition coefficient (Wildman–Crippen LogP) is 3.83. The summed E-state index contributed by atoms with van der Waals surface area (Å²) in [6, 6.07) is 10.3. The molecule has 5 heteroatoms. The zero-order valence-electron chi connectivity index (χ0n) is 10.2. The molecule has 0 atom stereocenters. The highest BCUT2D eigenvalue weighted by atomic mass is 79.9. The average Bonchev–Trinajstić information content (AvgIpc) is 2.79. The highest BCUT2D eigenvalue weighted by Crippen LogP contribution is 2.27. The van der Waals surface area contributed by atoms with E-state index in [4.69, 9.17) is 11.6 Å². The minimum Gasteiger partial charge on any atom is -0.326 e. The van der Waals surface area contributed by atoms with Crippen molar-refractivity contribution in [2.45, 2.75) is 6.42 Å². The summed E-state index contributed by atoms with van der Waals surface area (Å²) >= 11 is 9.40. The minimum atomic E-state index is -0.154. The second-order valence-corrected chi connectivity index (χ2v) is 5.87. The molecule has 0 radical (unpaired) electrons. The van der Waals surface area contributed by atoms with E-state index in [0.29, 0.717) is 22.6 Å². The summed E-state index contributed by atoms with van der Waals surface area (Å²) in [6.45, 7) is 0. The lowest BCUT2D eigenvalue weighted by atomic mass is 10.0. The van der Waals surface area contributed by atoms with Gasteiger partial charge < -0.3 is 5.32 Å². The van der Waals surface area contributed by atoms with Gasteiger partial charge in [-0.2, -0.15) is 0 Å². The van der Waals surface area contributed by atoms with Gasteiger partial charge in [0, 0.05) is 21.3 Å². The van der Waals surface area contributed by atoms with Crippen LogP contribution in [0, 0.1) is 0 Å². The average molecular weight is 351 g/mol. The summed E-state index contributed by atoms with van der Waals surface area (Å²) in [5.74, 6) is -0.205. The summed E-state index contributed by atoms with van der Waals surface area (Å²) in [4.78, 5) is 23.8. The summed E-state index contributed by atoms with van der Waals surface area (Å²) in [7, 11) is 0. The van der Waals surface area contributed by atoms with Crippen molar-refractivity contribution in [3.8, 4) is 0 Å². The third-order valence-corrected chi connectivity index (χ3v) is 3.99. The Labute approximate surface area is 129 Å². The molecule has 0 aliphatic carbocycles. The van der Waals surface area contributed by atoms with Crippen LogP contribution in [-0.2, 0) is 11.2 Å². The zero-order valence-corrected chi connectivity index (χ0v) is 12.6. The van der Waals surface area contributed by atoms with E-state index in [9.17, 15) is 9.59 Å². The molecular weight excluding hydrogens is 342 g/mol. The van der Waals surface area contributed by atoms with Crippen LogP contribution in [0.3, 0.4) is 0 Å². The fourth-order valence-corrected chi connectivity index (χ4v) is 2.76. The highest BCUT2D eigenvalue weighted by molar-refractivity contribution is 9.10. The van der Waals surface area contributed by atoms with Crippen LogP contribution in [0.4, 0.5) is 5.69 Å². The number of nitrogens with one attached hydrogen (secondary N) is 1. The molecule has 1 heterocycles. The van der Waals surface area contributed by atoms with Gasteiger partial charge in [0.05, 0.1) is 11.4 Å². The van der Waals surface area contributed by atoms with E-state index < -0.39 is 0 Å². The largest absolute Gasteiger partial charge is 0.326 e. The number of fused-ring (bicyclic) bond motifs is 1. The maximum atomic E-state index is 12.5. The van der Waals surface area contributed by atoms with E-state index in [1.54, 1.807) is 36.4 Å². The first-order valence-electron chi connectivity index (χ1n) is 5.97. The molecule has 0 aromatic heterocycles. The third kappa shape index (κ3) is 2.37. The van der Waals surface area contributed by atoms with Crippen LogP contribution in [0.1, 0.15) is 21.5 Å². The van der Waals surface area contributed by atoms with Crippen LogP contribution in [0.25, 0.3) is 0 Å². The Morgan fingerprint density at radius 1 is 1.20 bits per heavy atom. The van der Waals surface area contributed by atoms with Crippen molar-refractivity contribution < 1.29 is 9.59 Å². The number of anilines is 1. The van der Waals surface area contributed by atoms with Gasteiger partial charge in [0.2, 0.25) is 5.91 Å². The predicted molar refractivity (Wildman–Crippen MR) is 81.4 cm³/mol. The van der Waals surface area contributed by atoms with Crippen LogP contribution in [0.2, 0.25) is 5.02 Å². The lowest BCUT2D eigenvalue weighted by Crippen LogP contribution is -2.03. The number of benzene rings is 2. The molecular formula is C15H9BrClNO2. The molecule has 0 spiro atoms. The molecule has 1 aliphatic rings. The number of carbonyl (C=O) groups is 2. The van der Waals surface area contributed by atoms with E-state index in [0.717, 1.165) is 15.7 Å². The highest BCUT2D eigenvalue weighted by Gasteiger charge is 2.20. The van der Waals surface area contributed by atoms with E-state index >= 15 is 0 Å². The normalized spacial score (nSPS) is 13.0. The van der Waals surface area contributed by atoms with Gasteiger partial charge in [0.15, 0.2) is 5.78 Å². The molecule has 0 saturated heterocycles. The van der Waals surface area contributed by atoms with E-state index in [1.165, 1.54) is 0 Å². The van der Waals surface area contributed by atoms with Crippen molar-refractivity contribution in [3.05, 3.63) is 62.6 Å². The van der Waals surface area contributed by atoms with Gasteiger partial charge in [-0.05, 0) is 42.0 Å². The van der Waals surface area contributed by atoms with Crippen molar-refractivity contribution in [2.75, 3.05) is 5.32 Å². The summed E-state index contributed by atoms with van der Waals surface area (Å²) in [5, 5.41) is 3.15. The topological polar surface area (TPSA) is 46.2 Å². The second kappa shape index (κ2) is 5.04. The van der Waals surface area contributed by atoms with Gasteiger partial charge in [0.1, 0.15) is 0 Å². The van der Waals surface area contributed by atoms with E-state index in [1.807, 2.05) is 0 Å². The Balaban J connectivity index is 2.01. The molecule has 1 amide bonds. The zero-order chi connectivity index (χ0) is 14.3. The quantitative estimate of drug-likeness (QED) is 0.837. The Morgan fingerprint density at radius 2 is 2.00 bits per heavy atom. The second-order valence-electron chi connectivity index (χ2n) is 4.55. The molecule has 0 bridgehead atoms. The van der Waals surface area contributed by atoms with Crippen molar-refractivity contribution in [3.63, 3.8) is 0 Å². The van der Waals surface area contributed by atoms with Crippen LogP contribution in [0.15, 0.2) is 40.9 Å². The summed E-state index contributed by atoms with van der Waals surface area (Å²) < 4.78 is 0.795. The van der Waals surface area contributed by atoms with Gasteiger partial charge in [-0.25, -0.2) is 0 Å². The molecule has 3 rings (SSSR count). The summed E-state index contributed by atoms with van der Waals surface area (Å²) in [5.41, 5.74) is 2.58. The monoisotopic (exact) mass is 349 g/mol.